The van der Waals surface area contributed by atoms with Crippen molar-refractivity contribution < 1.29 is 14.4 Å². The van der Waals surface area contributed by atoms with E-state index in [1.165, 1.54) is 6.92 Å². The van der Waals surface area contributed by atoms with Crippen LogP contribution in [0, 0.1) is 6.92 Å². The Morgan fingerprint density at radius 3 is 2.43 bits per heavy atom. The van der Waals surface area contributed by atoms with Crippen LogP contribution in [0.5, 0.6) is 0 Å². The Bertz CT molecular complexity index is 1180. The van der Waals surface area contributed by atoms with Gasteiger partial charge in [-0.25, -0.2) is 4.99 Å². The van der Waals surface area contributed by atoms with Gasteiger partial charge in [-0.3, -0.25) is 24.6 Å². The molecule has 0 spiro atoms. The van der Waals surface area contributed by atoms with Crippen molar-refractivity contribution >= 4 is 35.0 Å². The zero-order valence-corrected chi connectivity index (χ0v) is 22.6. The monoisotopic (exact) mass is 509 g/mol. The van der Waals surface area contributed by atoms with E-state index < -0.39 is 0 Å². The number of hydrogen-bond acceptors (Lipinski definition) is 8. The first-order chi connectivity index (χ1) is 17.8. The molecule has 2 N–H and O–H groups in total. The van der Waals surface area contributed by atoms with Gasteiger partial charge in [-0.1, -0.05) is 25.1 Å². The molecule has 10 heteroatoms. The van der Waals surface area contributed by atoms with Gasteiger partial charge < -0.3 is 19.7 Å². The van der Waals surface area contributed by atoms with Crippen LogP contribution in [0.3, 0.4) is 0 Å². The van der Waals surface area contributed by atoms with E-state index in [-0.39, 0.29) is 11.7 Å². The van der Waals surface area contributed by atoms with Crippen LogP contribution < -0.4 is 10.6 Å². The first-order valence-electron chi connectivity index (χ1n) is 12.7. The SMILES string of the molecule is CC(=O)NC=O.CCCN1C=C(NC)CN=C1N1CCN(CC(=O)c2c(C)n(C)c3ccccc23)CC1. The molecule has 1 aromatic carbocycles. The summed E-state index contributed by atoms with van der Waals surface area (Å²) in [5, 5.41) is 6.17. The zero-order valence-electron chi connectivity index (χ0n) is 22.6. The number of carbonyl (C=O) groups is 3. The Kier molecular flexibility index (Phi) is 9.85. The highest BCUT2D eigenvalue weighted by Gasteiger charge is 2.27. The number of hydrogen-bond donors (Lipinski definition) is 2. The molecule has 0 saturated carbocycles. The second-order valence-electron chi connectivity index (χ2n) is 9.26. The number of rotatable bonds is 7. The minimum Gasteiger partial charge on any atom is -0.389 e. The summed E-state index contributed by atoms with van der Waals surface area (Å²) in [5.41, 5.74) is 4.18. The van der Waals surface area contributed by atoms with Gasteiger partial charge in [0.15, 0.2) is 5.78 Å². The maximum atomic E-state index is 13.2. The number of aryl methyl sites for hydroxylation is 1. The van der Waals surface area contributed by atoms with Gasteiger partial charge in [-0.15, -0.1) is 0 Å². The summed E-state index contributed by atoms with van der Waals surface area (Å²) >= 11 is 0. The molecule has 3 heterocycles. The molecule has 2 aliphatic rings. The van der Waals surface area contributed by atoms with E-state index in [1.807, 2.05) is 38.5 Å². The molecule has 37 heavy (non-hydrogen) atoms. The largest absolute Gasteiger partial charge is 0.389 e. The maximum absolute atomic E-state index is 13.2. The van der Waals surface area contributed by atoms with Crippen molar-refractivity contribution in [1.82, 2.24) is 29.9 Å². The molecular formula is C27H39N7O3. The molecule has 0 aliphatic carbocycles. The standard InChI is InChI=1S/C24H34N6O.C3H5NO2/c1-5-10-30-16-19(25-3)15-26-24(30)29-13-11-28(12-14-29)17-22(31)23-18(2)27(4)21-9-7-6-8-20(21)23;1-3(6)4-2-5/h6-9,16,25H,5,10-15,17H2,1-4H3;2H,1H3,(H,4,5,6). The average Bonchev–Trinajstić information content (AvgIpc) is 3.15. The summed E-state index contributed by atoms with van der Waals surface area (Å²) in [6.07, 6.45) is 3.61. The first-order valence-corrected chi connectivity index (χ1v) is 12.7. The van der Waals surface area contributed by atoms with Gasteiger partial charge in [0.1, 0.15) is 0 Å². The highest BCUT2D eigenvalue weighted by atomic mass is 16.2. The summed E-state index contributed by atoms with van der Waals surface area (Å²) in [4.78, 5) is 44.0. The van der Waals surface area contributed by atoms with Crippen molar-refractivity contribution in [3.8, 4) is 0 Å². The maximum Gasteiger partial charge on any atom is 0.223 e. The van der Waals surface area contributed by atoms with Crippen LogP contribution in [-0.2, 0) is 16.6 Å². The number of carbonyl (C=O) groups excluding carboxylic acids is 3. The molecule has 1 aromatic heterocycles. The lowest BCUT2D eigenvalue weighted by atomic mass is 10.1. The summed E-state index contributed by atoms with van der Waals surface area (Å²) in [7, 11) is 3.98. The van der Waals surface area contributed by atoms with Gasteiger partial charge in [-0.2, -0.15) is 0 Å². The number of Topliss-reactive ketones (excluding diaryl/α,β-unsaturated/α-hetero) is 1. The molecule has 2 aromatic rings. The number of nitrogens with zero attached hydrogens (tertiary/aromatic N) is 5. The Morgan fingerprint density at radius 1 is 1.14 bits per heavy atom. The van der Waals surface area contributed by atoms with Gasteiger partial charge in [0.2, 0.25) is 18.3 Å². The normalized spacial score (nSPS) is 15.9. The van der Waals surface area contributed by atoms with Crippen molar-refractivity contribution in [2.75, 3.05) is 52.9 Å². The van der Waals surface area contributed by atoms with Crippen molar-refractivity contribution in [3.63, 3.8) is 0 Å². The smallest absolute Gasteiger partial charge is 0.223 e. The van der Waals surface area contributed by atoms with Crippen LogP contribution in [0.25, 0.3) is 10.9 Å². The van der Waals surface area contributed by atoms with Crippen molar-refractivity contribution in [1.29, 1.82) is 0 Å². The molecule has 4 rings (SSSR count). The lowest BCUT2D eigenvalue weighted by molar-refractivity contribution is -0.123. The number of nitrogens with one attached hydrogen (secondary N) is 2. The summed E-state index contributed by atoms with van der Waals surface area (Å²) in [5.74, 6) is 0.952. The second kappa shape index (κ2) is 13.0. The van der Waals surface area contributed by atoms with E-state index >= 15 is 0 Å². The first kappa shape index (κ1) is 27.9. The molecule has 10 nitrogen and oxygen atoms in total. The average molecular weight is 510 g/mol. The van der Waals surface area contributed by atoms with E-state index in [1.54, 1.807) is 0 Å². The van der Waals surface area contributed by atoms with E-state index in [9.17, 15) is 14.4 Å². The van der Waals surface area contributed by atoms with Gasteiger partial charge >= 0.3 is 0 Å². The Hall–Kier alpha value is -3.66. The van der Waals surface area contributed by atoms with E-state index in [4.69, 9.17) is 4.99 Å². The zero-order chi connectivity index (χ0) is 26.9. The van der Waals surface area contributed by atoms with E-state index in [2.05, 4.69) is 49.8 Å². The third-order valence-electron chi connectivity index (χ3n) is 6.71. The number of aromatic nitrogens is 1. The third-order valence-corrected chi connectivity index (χ3v) is 6.71. The van der Waals surface area contributed by atoms with Crippen LogP contribution in [0.1, 0.15) is 36.3 Å². The van der Waals surface area contributed by atoms with Gasteiger partial charge in [0.25, 0.3) is 0 Å². The molecule has 0 bridgehead atoms. The molecule has 2 amide bonds. The fourth-order valence-electron chi connectivity index (χ4n) is 4.71. The number of likely N-dealkylation sites (N-methyl/N-ethyl adjacent to an activating group) is 1. The summed E-state index contributed by atoms with van der Waals surface area (Å²) in [6, 6.07) is 8.18. The van der Waals surface area contributed by atoms with Gasteiger partial charge in [0.05, 0.1) is 13.1 Å². The van der Waals surface area contributed by atoms with Crippen LogP contribution in [0.2, 0.25) is 0 Å². The van der Waals surface area contributed by atoms with Crippen molar-refractivity contribution in [2.45, 2.75) is 27.2 Å². The molecule has 0 atom stereocenters. The fraction of sp³-hybridized carbons (Fsp3) is 0.481. The number of amides is 2. The predicted molar refractivity (Wildman–Crippen MR) is 146 cm³/mol. The minimum atomic E-state index is -0.329. The molecular weight excluding hydrogens is 470 g/mol. The number of benzene rings is 1. The van der Waals surface area contributed by atoms with E-state index in [0.717, 1.165) is 73.0 Å². The molecule has 200 valence electrons. The Labute approximate surface area is 219 Å². The quantitative estimate of drug-likeness (QED) is 0.433. The summed E-state index contributed by atoms with van der Waals surface area (Å²) < 4.78 is 2.12. The number of guanidine groups is 1. The van der Waals surface area contributed by atoms with Crippen LogP contribution >= 0.6 is 0 Å². The number of ketones is 1. The van der Waals surface area contributed by atoms with Gasteiger partial charge in [-0.05, 0) is 19.4 Å². The Balaban J connectivity index is 0.000000568. The molecule has 0 radical (unpaired) electrons. The van der Waals surface area contributed by atoms with Crippen LogP contribution in [-0.4, -0.2) is 96.2 Å². The predicted octanol–water partition coefficient (Wildman–Crippen LogP) is 1.71. The minimum absolute atomic E-state index is 0.215. The highest BCUT2D eigenvalue weighted by Crippen LogP contribution is 2.25. The van der Waals surface area contributed by atoms with Crippen LogP contribution in [0.4, 0.5) is 0 Å². The second-order valence-corrected chi connectivity index (χ2v) is 9.26. The van der Waals surface area contributed by atoms with Crippen LogP contribution in [0.15, 0.2) is 41.2 Å². The molecule has 2 aliphatic heterocycles. The van der Waals surface area contributed by atoms with Crippen molar-refractivity contribution in [2.24, 2.45) is 12.0 Å². The summed E-state index contributed by atoms with van der Waals surface area (Å²) in [6.45, 7) is 11.2. The highest BCUT2D eigenvalue weighted by molar-refractivity contribution is 6.10. The Morgan fingerprint density at radius 2 is 1.84 bits per heavy atom. The fourth-order valence-corrected chi connectivity index (χ4v) is 4.71. The number of fused-ring (bicyclic) bond motifs is 1. The molecule has 0 unspecified atom stereocenters. The molecule has 1 saturated heterocycles. The number of piperazine rings is 1. The third kappa shape index (κ3) is 6.76. The molecule has 1 fully saturated rings. The number of imide groups is 1. The van der Waals surface area contributed by atoms with E-state index in [0.29, 0.717) is 19.5 Å². The topological polar surface area (TPSA) is 102 Å². The lowest BCUT2D eigenvalue weighted by Crippen LogP contribution is -2.54. The number of para-hydroxylation sites is 1. The lowest BCUT2D eigenvalue weighted by Gasteiger charge is -2.40. The van der Waals surface area contributed by atoms with Gasteiger partial charge in [0, 0.05) is 87.8 Å². The number of aliphatic imine (C=N–C) groups is 1. The van der Waals surface area contributed by atoms with Crippen molar-refractivity contribution in [3.05, 3.63) is 47.4 Å².